The molecule has 7 heteroatoms. The molecule has 0 bridgehead atoms. The monoisotopic (exact) mass is 813 g/mol. The third-order valence-electron chi connectivity index (χ3n) is 10.9. The molecule has 2 atom stereocenters. The first kappa shape index (κ1) is 55.3. The molecule has 0 radical (unpaired) electrons. The largest absolute Gasteiger partial charge is 0.480 e. The quantitative estimate of drug-likeness (QED) is 0.0320. The summed E-state index contributed by atoms with van der Waals surface area (Å²) in [5, 5.41) is 12.0. The second-order valence-corrected chi connectivity index (χ2v) is 16.5. The Morgan fingerprint density at radius 1 is 0.500 bits per heavy atom. The molecule has 1 amide bonds. The molecule has 0 saturated heterocycles. The summed E-state index contributed by atoms with van der Waals surface area (Å²) in [6.07, 6.45) is 55.8. The highest BCUT2D eigenvalue weighted by Crippen LogP contribution is 2.18. The molecular weight excluding hydrogens is 721 g/mol. The average molecular weight is 813 g/mol. The molecule has 0 saturated carbocycles. The standard InChI is InChI=1S/C51H92N2O5/c1-3-5-7-9-11-13-15-17-19-20-22-24-26-28-30-35-39-45-50(55)58-47(41-36-32-29-27-25-23-21-18-16-14-12-10-8-6-4-2)42-37-33-31-34-38-44-49(54)53-48(51(56)57)43-40-46-52/h11,13,16-19,23,25,47-48H,3-10,12,14-15,20-22,24,26-46,52H2,1-2H3,(H,53,54)(H,56,57)/b13-11-,18-16-,19-17-,25-23-. The minimum absolute atomic E-state index is 0.0155. The number of rotatable bonds is 44. The fourth-order valence-corrected chi connectivity index (χ4v) is 7.16. The third-order valence-corrected chi connectivity index (χ3v) is 10.9. The zero-order valence-electron chi connectivity index (χ0n) is 37.9. The van der Waals surface area contributed by atoms with Gasteiger partial charge in [-0.15, -0.1) is 0 Å². The van der Waals surface area contributed by atoms with Gasteiger partial charge in [0, 0.05) is 12.8 Å². The summed E-state index contributed by atoms with van der Waals surface area (Å²) in [4.78, 5) is 36.5. The lowest BCUT2D eigenvalue weighted by Gasteiger charge is -2.18. The van der Waals surface area contributed by atoms with Crippen molar-refractivity contribution in [3.05, 3.63) is 48.6 Å². The van der Waals surface area contributed by atoms with Crippen LogP contribution in [0.15, 0.2) is 48.6 Å². The highest BCUT2D eigenvalue weighted by atomic mass is 16.5. The Morgan fingerprint density at radius 2 is 0.897 bits per heavy atom. The number of amides is 1. The van der Waals surface area contributed by atoms with Crippen LogP contribution in [0.2, 0.25) is 0 Å². The SMILES string of the molecule is CCCCC/C=C\C/C=C\CCCCCCCCCC(=O)OC(CCCCC/C=C\C/C=C\CCCCCCC)CCCCCCCC(=O)NC(CCCN)C(=O)O. The zero-order valence-corrected chi connectivity index (χ0v) is 37.9. The molecule has 0 aliphatic heterocycles. The van der Waals surface area contributed by atoms with Crippen molar-refractivity contribution >= 4 is 17.8 Å². The lowest BCUT2D eigenvalue weighted by atomic mass is 10.0. The average Bonchev–Trinajstić information content (AvgIpc) is 3.21. The number of carbonyl (C=O) groups excluding carboxylic acids is 2. The van der Waals surface area contributed by atoms with Crippen molar-refractivity contribution in [1.82, 2.24) is 5.32 Å². The summed E-state index contributed by atoms with van der Waals surface area (Å²) < 4.78 is 6.06. The van der Waals surface area contributed by atoms with E-state index in [9.17, 15) is 19.5 Å². The van der Waals surface area contributed by atoms with E-state index in [1.54, 1.807) is 0 Å². The number of unbranched alkanes of at least 4 members (excludes halogenated alkanes) is 22. The van der Waals surface area contributed by atoms with Gasteiger partial charge < -0.3 is 20.9 Å². The van der Waals surface area contributed by atoms with E-state index < -0.39 is 12.0 Å². The molecule has 0 heterocycles. The molecule has 0 aromatic heterocycles. The summed E-state index contributed by atoms with van der Waals surface area (Å²) >= 11 is 0. The molecule has 58 heavy (non-hydrogen) atoms. The van der Waals surface area contributed by atoms with Crippen molar-refractivity contribution < 1.29 is 24.2 Å². The Labute approximate surface area is 358 Å². The molecule has 4 N–H and O–H groups in total. The molecule has 0 spiro atoms. The third kappa shape index (κ3) is 41.5. The number of carboxylic acids is 1. The van der Waals surface area contributed by atoms with Crippen molar-refractivity contribution in [3.8, 4) is 0 Å². The van der Waals surface area contributed by atoms with Gasteiger partial charge in [0.15, 0.2) is 0 Å². The Morgan fingerprint density at radius 3 is 1.38 bits per heavy atom. The van der Waals surface area contributed by atoms with E-state index in [1.807, 2.05) is 0 Å². The maximum Gasteiger partial charge on any atom is 0.326 e. The van der Waals surface area contributed by atoms with Crippen molar-refractivity contribution in [2.75, 3.05) is 6.54 Å². The second kappa shape index (κ2) is 45.4. The molecule has 0 aliphatic rings. The molecule has 2 unspecified atom stereocenters. The summed E-state index contributed by atoms with van der Waals surface area (Å²) in [5.41, 5.74) is 5.50. The first-order valence-electron chi connectivity index (χ1n) is 24.5. The number of hydrogen-bond acceptors (Lipinski definition) is 5. The van der Waals surface area contributed by atoms with Crippen molar-refractivity contribution in [1.29, 1.82) is 0 Å². The highest BCUT2D eigenvalue weighted by Gasteiger charge is 2.19. The molecule has 0 fully saturated rings. The lowest BCUT2D eigenvalue weighted by molar-refractivity contribution is -0.150. The number of carboxylic acid groups (broad SMARTS) is 1. The van der Waals surface area contributed by atoms with Gasteiger partial charge >= 0.3 is 11.9 Å². The number of aliphatic carboxylic acids is 1. The lowest BCUT2D eigenvalue weighted by Crippen LogP contribution is -2.40. The normalized spacial score (nSPS) is 13.0. The van der Waals surface area contributed by atoms with Gasteiger partial charge in [0.05, 0.1) is 0 Å². The molecular formula is C51H92N2O5. The van der Waals surface area contributed by atoms with Crippen LogP contribution < -0.4 is 11.1 Å². The predicted molar refractivity (Wildman–Crippen MR) is 248 cm³/mol. The van der Waals surface area contributed by atoms with Gasteiger partial charge in [0.25, 0.3) is 0 Å². The Kier molecular flexibility index (Phi) is 43.3. The van der Waals surface area contributed by atoms with E-state index in [1.165, 1.54) is 109 Å². The van der Waals surface area contributed by atoms with Gasteiger partial charge in [-0.05, 0) is 122 Å². The van der Waals surface area contributed by atoms with Gasteiger partial charge in [-0.2, -0.15) is 0 Å². The molecule has 336 valence electrons. The van der Waals surface area contributed by atoms with Crippen LogP contribution in [-0.4, -0.2) is 41.6 Å². The van der Waals surface area contributed by atoms with E-state index in [4.69, 9.17) is 10.5 Å². The molecule has 0 aromatic rings. The van der Waals surface area contributed by atoms with E-state index in [0.717, 1.165) is 89.9 Å². The van der Waals surface area contributed by atoms with Gasteiger partial charge in [-0.3, -0.25) is 9.59 Å². The van der Waals surface area contributed by atoms with E-state index in [2.05, 4.69) is 67.8 Å². The van der Waals surface area contributed by atoms with Crippen LogP contribution in [0.5, 0.6) is 0 Å². The number of esters is 1. The number of nitrogens with one attached hydrogen (secondary N) is 1. The summed E-state index contributed by atoms with van der Waals surface area (Å²) in [7, 11) is 0. The first-order chi connectivity index (χ1) is 28.4. The van der Waals surface area contributed by atoms with Crippen molar-refractivity contribution in [3.63, 3.8) is 0 Å². The molecule has 0 rings (SSSR count). The number of carbonyl (C=O) groups is 3. The summed E-state index contributed by atoms with van der Waals surface area (Å²) in [5.74, 6) is -1.25. The van der Waals surface area contributed by atoms with Crippen LogP contribution in [0.25, 0.3) is 0 Å². The number of hydrogen-bond donors (Lipinski definition) is 3. The van der Waals surface area contributed by atoms with Crippen LogP contribution in [0.4, 0.5) is 0 Å². The van der Waals surface area contributed by atoms with Crippen LogP contribution in [0.1, 0.15) is 239 Å². The Balaban J connectivity index is 4.38. The minimum atomic E-state index is -1.01. The van der Waals surface area contributed by atoms with Crippen LogP contribution in [0, 0.1) is 0 Å². The van der Waals surface area contributed by atoms with E-state index in [-0.39, 0.29) is 18.0 Å². The molecule has 0 aliphatic carbocycles. The van der Waals surface area contributed by atoms with Crippen molar-refractivity contribution in [2.24, 2.45) is 5.73 Å². The maximum absolute atomic E-state index is 12.9. The fraction of sp³-hybridized carbons (Fsp3) is 0.784. The van der Waals surface area contributed by atoms with Gasteiger partial charge in [-0.1, -0.05) is 159 Å². The van der Waals surface area contributed by atoms with Gasteiger partial charge in [0.2, 0.25) is 5.91 Å². The highest BCUT2D eigenvalue weighted by molar-refractivity contribution is 5.83. The molecule has 0 aromatic carbocycles. The van der Waals surface area contributed by atoms with E-state index in [0.29, 0.717) is 32.2 Å². The molecule has 7 nitrogen and oxygen atoms in total. The van der Waals surface area contributed by atoms with Gasteiger partial charge in [-0.25, -0.2) is 4.79 Å². The smallest absolute Gasteiger partial charge is 0.326 e. The van der Waals surface area contributed by atoms with Crippen molar-refractivity contribution in [2.45, 2.75) is 251 Å². The maximum atomic E-state index is 12.9. The Hall–Kier alpha value is -2.67. The predicted octanol–water partition coefficient (Wildman–Crippen LogP) is 14.3. The van der Waals surface area contributed by atoms with Crippen LogP contribution >= 0.6 is 0 Å². The number of nitrogens with two attached hydrogens (primary N) is 1. The van der Waals surface area contributed by atoms with E-state index >= 15 is 0 Å². The van der Waals surface area contributed by atoms with Gasteiger partial charge in [0.1, 0.15) is 12.1 Å². The Bertz CT molecular complexity index is 1050. The number of ether oxygens (including phenoxy) is 1. The first-order valence-corrected chi connectivity index (χ1v) is 24.5. The van der Waals surface area contributed by atoms with Crippen LogP contribution in [0.3, 0.4) is 0 Å². The topological polar surface area (TPSA) is 119 Å². The zero-order chi connectivity index (χ0) is 42.4. The summed E-state index contributed by atoms with van der Waals surface area (Å²) in [6, 6.07) is -0.862. The minimum Gasteiger partial charge on any atom is -0.480 e. The number of allylic oxidation sites excluding steroid dienone is 8. The second-order valence-electron chi connectivity index (χ2n) is 16.5. The fourth-order valence-electron chi connectivity index (χ4n) is 7.16. The van der Waals surface area contributed by atoms with Crippen LogP contribution in [-0.2, 0) is 19.1 Å². The summed E-state index contributed by atoms with van der Waals surface area (Å²) in [6.45, 7) is 4.92.